The van der Waals surface area contributed by atoms with Gasteiger partial charge in [0.25, 0.3) is 0 Å². The number of hydrogen-bond donors (Lipinski definition) is 1. The van der Waals surface area contributed by atoms with E-state index in [1.54, 1.807) is 19.1 Å². The SMILES string of the molecule is CCOC(=O)c1oc2ccc(Cl)c3c2c1CC(C)CN3. The molecule has 1 atom stereocenters. The highest BCUT2D eigenvalue weighted by Crippen LogP contribution is 2.40. The first-order chi connectivity index (χ1) is 9.61. The first-order valence-electron chi connectivity index (χ1n) is 6.76. The van der Waals surface area contributed by atoms with Crippen LogP contribution in [-0.4, -0.2) is 19.1 Å². The van der Waals surface area contributed by atoms with Gasteiger partial charge in [-0.1, -0.05) is 18.5 Å². The molecular weight excluding hydrogens is 278 g/mol. The summed E-state index contributed by atoms with van der Waals surface area (Å²) in [5, 5.41) is 4.90. The van der Waals surface area contributed by atoms with E-state index in [0.717, 1.165) is 29.6 Å². The van der Waals surface area contributed by atoms with Crippen LogP contribution in [0, 0.1) is 5.92 Å². The highest BCUT2D eigenvalue weighted by molar-refractivity contribution is 6.35. The molecule has 2 heterocycles. The molecule has 0 radical (unpaired) electrons. The Morgan fingerprint density at radius 2 is 2.35 bits per heavy atom. The normalized spacial score (nSPS) is 17.6. The van der Waals surface area contributed by atoms with E-state index in [4.69, 9.17) is 20.8 Å². The summed E-state index contributed by atoms with van der Waals surface area (Å²) in [5.41, 5.74) is 2.42. The van der Waals surface area contributed by atoms with Crippen LogP contribution in [-0.2, 0) is 11.2 Å². The Balaban J connectivity index is 2.25. The molecule has 1 aliphatic heterocycles. The number of esters is 1. The van der Waals surface area contributed by atoms with Gasteiger partial charge in [-0.25, -0.2) is 4.79 Å². The van der Waals surface area contributed by atoms with Gasteiger partial charge >= 0.3 is 5.97 Å². The van der Waals surface area contributed by atoms with Gasteiger partial charge in [0.1, 0.15) is 5.58 Å². The summed E-state index contributed by atoms with van der Waals surface area (Å²) in [5.74, 6) is 0.281. The largest absolute Gasteiger partial charge is 0.460 e. The van der Waals surface area contributed by atoms with Crippen molar-refractivity contribution in [2.75, 3.05) is 18.5 Å². The minimum Gasteiger partial charge on any atom is -0.460 e. The summed E-state index contributed by atoms with van der Waals surface area (Å²) in [6.07, 6.45) is 0.765. The minimum atomic E-state index is -0.408. The van der Waals surface area contributed by atoms with E-state index in [1.165, 1.54) is 0 Å². The molecule has 1 aromatic carbocycles. The Bertz CT molecular complexity index is 677. The van der Waals surface area contributed by atoms with Crippen molar-refractivity contribution in [3.8, 4) is 0 Å². The van der Waals surface area contributed by atoms with Crippen molar-refractivity contribution in [1.29, 1.82) is 0 Å². The second kappa shape index (κ2) is 5.02. The fourth-order valence-electron chi connectivity index (χ4n) is 2.65. The smallest absolute Gasteiger partial charge is 0.374 e. The van der Waals surface area contributed by atoms with E-state index in [1.807, 2.05) is 0 Å². The maximum absolute atomic E-state index is 12.1. The monoisotopic (exact) mass is 293 g/mol. The van der Waals surface area contributed by atoms with E-state index >= 15 is 0 Å². The van der Waals surface area contributed by atoms with Crippen molar-refractivity contribution in [1.82, 2.24) is 0 Å². The van der Waals surface area contributed by atoms with E-state index in [0.29, 0.717) is 28.9 Å². The molecule has 3 rings (SSSR count). The van der Waals surface area contributed by atoms with Gasteiger partial charge in [0.05, 0.1) is 17.3 Å². The number of carbonyl (C=O) groups is 1. The molecule has 4 nitrogen and oxygen atoms in total. The van der Waals surface area contributed by atoms with Crippen LogP contribution in [0.15, 0.2) is 16.5 Å². The highest BCUT2D eigenvalue weighted by Gasteiger charge is 2.27. The molecule has 0 saturated carbocycles. The van der Waals surface area contributed by atoms with E-state index in [-0.39, 0.29) is 0 Å². The zero-order chi connectivity index (χ0) is 14.3. The number of ether oxygens (including phenoxy) is 1. The summed E-state index contributed by atoms with van der Waals surface area (Å²) in [4.78, 5) is 12.1. The predicted molar refractivity (Wildman–Crippen MR) is 78.5 cm³/mol. The third-order valence-corrected chi connectivity index (χ3v) is 3.86. The third-order valence-electron chi connectivity index (χ3n) is 3.54. The van der Waals surface area contributed by atoms with E-state index in [9.17, 15) is 4.79 Å². The molecule has 0 bridgehead atoms. The summed E-state index contributed by atoms with van der Waals surface area (Å²) >= 11 is 6.26. The molecule has 106 valence electrons. The topological polar surface area (TPSA) is 51.5 Å². The van der Waals surface area contributed by atoms with Gasteiger partial charge in [-0.15, -0.1) is 0 Å². The Kier molecular flexibility index (Phi) is 3.34. The molecule has 0 amide bonds. The van der Waals surface area contributed by atoms with Crippen LogP contribution in [0.2, 0.25) is 5.02 Å². The van der Waals surface area contributed by atoms with Crippen LogP contribution < -0.4 is 5.32 Å². The van der Waals surface area contributed by atoms with Gasteiger partial charge in [0, 0.05) is 17.5 Å². The maximum Gasteiger partial charge on any atom is 0.374 e. The molecule has 0 saturated heterocycles. The summed E-state index contributed by atoms with van der Waals surface area (Å²) in [6, 6.07) is 3.58. The van der Waals surface area contributed by atoms with E-state index < -0.39 is 5.97 Å². The van der Waals surface area contributed by atoms with Crippen LogP contribution in [0.3, 0.4) is 0 Å². The van der Waals surface area contributed by atoms with E-state index in [2.05, 4.69) is 12.2 Å². The molecule has 1 N–H and O–H groups in total. The van der Waals surface area contributed by atoms with Gasteiger partial charge in [-0.05, 0) is 31.4 Å². The molecule has 20 heavy (non-hydrogen) atoms. The lowest BCUT2D eigenvalue weighted by molar-refractivity contribution is 0.0490. The lowest BCUT2D eigenvalue weighted by Gasteiger charge is -2.10. The number of anilines is 1. The van der Waals surface area contributed by atoms with Gasteiger partial charge in [0.15, 0.2) is 0 Å². The predicted octanol–water partition coefficient (Wildman–Crippen LogP) is 3.87. The van der Waals surface area contributed by atoms with Crippen LogP contribution in [0.5, 0.6) is 0 Å². The molecule has 1 aliphatic rings. The first kappa shape index (κ1) is 13.3. The zero-order valence-corrected chi connectivity index (χ0v) is 12.2. The van der Waals surface area contributed by atoms with Gasteiger partial charge in [-0.3, -0.25) is 0 Å². The maximum atomic E-state index is 12.1. The number of hydrogen-bond acceptors (Lipinski definition) is 4. The number of benzene rings is 1. The van der Waals surface area contributed by atoms with Gasteiger partial charge in [0.2, 0.25) is 5.76 Å². The van der Waals surface area contributed by atoms with Gasteiger partial charge < -0.3 is 14.5 Å². The van der Waals surface area contributed by atoms with Crippen molar-refractivity contribution in [2.24, 2.45) is 5.92 Å². The molecule has 1 aromatic heterocycles. The second-order valence-electron chi connectivity index (χ2n) is 5.12. The quantitative estimate of drug-likeness (QED) is 0.854. The average Bonchev–Trinajstić information content (AvgIpc) is 2.67. The Morgan fingerprint density at radius 1 is 1.55 bits per heavy atom. The van der Waals surface area contributed by atoms with Crippen molar-refractivity contribution < 1.29 is 13.9 Å². The first-order valence-corrected chi connectivity index (χ1v) is 7.14. The summed E-state index contributed by atoms with van der Waals surface area (Å²) in [7, 11) is 0. The summed E-state index contributed by atoms with van der Waals surface area (Å²) < 4.78 is 10.8. The van der Waals surface area contributed by atoms with Gasteiger partial charge in [-0.2, -0.15) is 0 Å². The lowest BCUT2D eigenvalue weighted by Crippen LogP contribution is -2.12. The average molecular weight is 294 g/mol. The number of rotatable bonds is 2. The molecular formula is C15H16ClNO3. The molecule has 0 fully saturated rings. The number of carbonyl (C=O) groups excluding carboxylic acids is 1. The Morgan fingerprint density at radius 3 is 3.10 bits per heavy atom. The standard InChI is InChI=1S/C15H16ClNO3/c1-3-19-15(18)14-9-6-8(2)7-17-13-10(16)4-5-11(20-14)12(9)13/h4-5,8,17H,3,6-7H2,1-2H3. The second-order valence-corrected chi connectivity index (χ2v) is 5.52. The highest BCUT2D eigenvalue weighted by atomic mass is 35.5. The van der Waals surface area contributed by atoms with Crippen LogP contribution >= 0.6 is 11.6 Å². The van der Waals surface area contributed by atoms with Crippen LogP contribution in [0.1, 0.15) is 30.0 Å². The minimum absolute atomic E-state index is 0.306. The van der Waals surface area contributed by atoms with Crippen LogP contribution in [0.4, 0.5) is 5.69 Å². The van der Waals surface area contributed by atoms with Crippen molar-refractivity contribution >= 4 is 34.2 Å². The van der Waals surface area contributed by atoms with Crippen LogP contribution in [0.25, 0.3) is 11.0 Å². The molecule has 5 heteroatoms. The third kappa shape index (κ3) is 2.04. The number of furan rings is 1. The Labute approximate surface area is 122 Å². The van der Waals surface area contributed by atoms with Crippen molar-refractivity contribution in [2.45, 2.75) is 20.3 Å². The molecule has 0 aliphatic carbocycles. The lowest BCUT2D eigenvalue weighted by atomic mass is 10.00. The Hall–Kier alpha value is -1.68. The summed E-state index contributed by atoms with van der Waals surface area (Å²) in [6.45, 7) is 5.05. The van der Waals surface area contributed by atoms with Crippen molar-refractivity contribution in [3.63, 3.8) is 0 Å². The number of nitrogens with one attached hydrogen (secondary N) is 1. The fourth-order valence-corrected chi connectivity index (χ4v) is 2.88. The molecule has 0 spiro atoms. The van der Waals surface area contributed by atoms with Crippen molar-refractivity contribution in [3.05, 3.63) is 28.5 Å². The zero-order valence-electron chi connectivity index (χ0n) is 11.5. The molecule has 2 aromatic rings. The fraction of sp³-hybridized carbons (Fsp3) is 0.400. The number of halogens is 1. The molecule has 1 unspecified atom stereocenters.